The van der Waals surface area contributed by atoms with Crippen LogP contribution < -0.4 is 5.73 Å². The molecule has 0 saturated carbocycles. The number of aliphatic hydroxyl groups is 2. The molecule has 0 radical (unpaired) electrons. The summed E-state index contributed by atoms with van der Waals surface area (Å²) in [5.74, 6) is 2.20. The number of halogens is 1. The summed E-state index contributed by atoms with van der Waals surface area (Å²) in [5.41, 5.74) is 3.61. The molecule has 0 aliphatic heterocycles. The van der Waals surface area contributed by atoms with Gasteiger partial charge in [-0.05, 0) is 30.8 Å². The van der Waals surface area contributed by atoms with Gasteiger partial charge in [-0.2, -0.15) is 11.8 Å². The van der Waals surface area contributed by atoms with Crippen LogP contribution in [-0.4, -0.2) is 39.4 Å². The van der Waals surface area contributed by atoms with Gasteiger partial charge in [0.2, 0.25) is 0 Å². The molecule has 5 heteroatoms. The molecule has 0 spiro atoms. The highest BCUT2D eigenvalue weighted by molar-refractivity contribution is 7.99. The van der Waals surface area contributed by atoms with Gasteiger partial charge in [-0.1, -0.05) is 76.3 Å². The lowest BCUT2D eigenvalue weighted by molar-refractivity contribution is 0.0882. The molecule has 0 saturated heterocycles. The van der Waals surface area contributed by atoms with Crippen molar-refractivity contribution in [3.63, 3.8) is 0 Å². The lowest BCUT2D eigenvalue weighted by Gasteiger charge is -2.28. The highest BCUT2D eigenvalue weighted by Crippen LogP contribution is 2.19. The third kappa shape index (κ3) is 13.5. The Balaban J connectivity index is 3.25. The van der Waals surface area contributed by atoms with Crippen LogP contribution in [0.5, 0.6) is 0 Å². The van der Waals surface area contributed by atoms with Gasteiger partial charge in [0.25, 0.3) is 0 Å². The van der Waals surface area contributed by atoms with E-state index < -0.39 is 11.1 Å². The van der Waals surface area contributed by atoms with Gasteiger partial charge in [-0.25, -0.2) is 0 Å². The molecule has 0 aromatic heterocycles. The second kappa shape index (κ2) is 16.0. The van der Waals surface area contributed by atoms with Crippen LogP contribution in [0, 0.1) is 0 Å². The van der Waals surface area contributed by atoms with Gasteiger partial charge in [-0.15, -0.1) is 0 Å². The zero-order chi connectivity index (χ0) is 17.4. The first-order valence-corrected chi connectivity index (χ1v) is 11.0. The average Bonchev–Trinajstić information content (AvgIpc) is 2.54. The van der Waals surface area contributed by atoms with Crippen molar-refractivity contribution in [3.8, 4) is 0 Å². The predicted octanol–water partition coefficient (Wildman–Crippen LogP) is 4.67. The van der Waals surface area contributed by atoms with Crippen molar-refractivity contribution in [1.29, 1.82) is 0 Å². The molecular formula is C18H38ClNO2S. The van der Waals surface area contributed by atoms with E-state index in [0.29, 0.717) is 6.42 Å². The van der Waals surface area contributed by atoms with Crippen LogP contribution in [0.15, 0.2) is 0 Å². The van der Waals surface area contributed by atoms with Gasteiger partial charge in [0.1, 0.15) is 5.56 Å². The lowest BCUT2D eigenvalue weighted by atomic mass is 9.97. The van der Waals surface area contributed by atoms with Crippen LogP contribution in [0.25, 0.3) is 0 Å². The fourth-order valence-electron chi connectivity index (χ4n) is 2.57. The van der Waals surface area contributed by atoms with Crippen molar-refractivity contribution in [1.82, 2.24) is 0 Å². The maximum absolute atomic E-state index is 9.35. The van der Waals surface area contributed by atoms with Crippen LogP contribution in [0.3, 0.4) is 0 Å². The number of unbranched alkanes of at least 4 members (excludes halogenated alkanes) is 9. The molecule has 2 unspecified atom stereocenters. The summed E-state index contributed by atoms with van der Waals surface area (Å²) < 4.78 is 0. The molecule has 2 atom stereocenters. The standard InChI is InChI=1S/C18H38ClNO2S/c1-2-3-4-5-6-7-8-9-10-11-14-23-15-12-13-18(20,16-21)17(19)22/h17,21-22H,2-16,20H2,1H3. The van der Waals surface area contributed by atoms with Crippen molar-refractivity contribution in [2.45, 2.75) is 95.1 Å². The van der Waals surface area contributed by atoms with Gasteiger partial charge in [0, 0.05) is 0 Å². The largest absolute Gasteiger partial charge is 0.394 e. The highest BCUT2D eigenvalue weighted by Gasteiger charge is 2.30. The number of alkyl halides is 1. The van der Waals surface area contributed by atoms with E-state index in [1.807, 2.05) is 11.8 Å². The molecule has 0 aromatic carbocycles. The van der Waals surface area contributed by atoms with Gasteiger partial charge in [0.15, 0.2) is 0 Å². The Morgan fingerprint density at radius 3 is 1.87 bits per heavy atom. The van der Waals surface area contributed by atoms with E-state index in [2.05, 4.69) is 6.92 Å². The minimum Gasteiger partial charge on any atom is -0.394 e. The maximum Gasteiger partial charge on any atom is 0.148 e. The number of nitrogens with two attached hydrogens (primary N) is 1. The lowest BCUT2D eigenvalue weighted by Crippen LogP contribution is -2.51. The van der Waals surface area contributed by atoms with Crippen molar-refractivity contribution >= 4 is 23.4 Å². The van der Waals surface area contributed by atoms with Crippen LogP contribution in [-0.2, 0) is 0 Å². The van der Waals surface area contributed by atoms with E-state index in [9.17, 15) is 10.2 Å². The molecule has 4 N–H and O–H groups in total. The van der Waals surface area contributed by atoms with E-state index in [4.69, 9.17) is 17.3 Å². The molecule has 0 bridgehead atoms. The Labute approximate surface area is 152 Å². The van der Waals surface area contributed by atoms with Crippen LogP contribution >= 0.6 is 23.4 Å². The van der Waals surface area contributed by atoms with E-state index in [1.165, 1.54) is 70.0 Å². The second-order valence-electron chi connectivity index (χ2n) is 6.62. The molecule has 0 aliphatic carbocycles. The van der Waals surface area contributed by atoms with E-state index in [-0.39, 0.29) is 6.61 Å². The Morgan fingerprint density at radius 1 is 0.913 bits per heavy atom. The fourth-order valence-corrected chi connectivity index (χ4v) is 3.71. The normalized spacial score (nSPS) is 15.5. The summed E-state index contributed by atoms with van der Waals surface area (Å²) >= 11 is 7.54. The van der Waals surface area contributed by atoms with E-state index in [0.717, 1.165) is 12.2 Å². The Hall–Kier alpha value is 0.520. The summed E-state index contributed by atoms with van der Waals surface area (Å²) in [7, 11) is 0. The Bertz CT molecular complexity index is 257. The second-order valence-corrected chi connectivity index (χ2v) is 8.26. The zero-order valence-electron chi connectivity index (χ0n) is 14.9. The minimum absolute atomic E-state index is 0.277. The third-order valence-electron chi connectivity index (χ3n) is 4.34. The smallest absolute Gasteiger partial charge is 0.148 e. The van der Waals surface area contributed by atoms with Gasteiger partial charge in [0.05, 0.1) is 12.1 Å². The molecule has 0 aliphatic rings. The van der Waals surface area contributed by atoms with Gasteiger partial charge in [-0.3, -0.25) is 0 Å². The van der Waals surface area contributed by atoms with Gasteiger partial charge >= 0.3 is 0 Å². The predicted molar refractivity (Wildman–Crippen MR) is 104 cm³/mol. The maximum atomic E-state index is 9.35. The van der Waals surface area contributed by atoms with Crippen molar-refractivity contribution in [2.75, 3.05) is 18.1 Å². The molecule has 3 nitrogen and oxygen atoms in total. The van der Waals surface area contributed by atoms with Gasteiger partial charge < -0.3 is 15.9 Å². The Kier molecular flexibility index (Phi) is 16.4. The SMILES string of the molecule is CCCCCCCCCCCCSCCCC(N)(CO)C(O)Cl. The van der Waals surface area contributed by atoms with Crippen molar-refractivity contribution in [3.05, 3.63) is 0 Å². The molecule has 0 amide bonds. The first kappa shape index (κ1) is 23.5. The summed E-state index contributed by atoms with van der Waals surface area (Å²) in [6, 6.07) is 0. The molecule has 0 rings (SSSR count). The zero-order valence-corrected chi connectivity index (χ0v) is 16.5. The molecular weight excluding hydrogens is 330 g/mol. The number of rotatable bonds is 17. The highest BCUT2D eigenvalue weighted by atomic mass is 35.5. The van der Waals surface area contributed by atoms with Crippen LogP contribution in [0.2, 0.25) is 0 Å². The number of aliphatic hydroxyl groups excluding tert-OH is 2. The molecule has 0 heterocycles. The monoisotopic (exact) mass is 367 g/mol. The first-order chi connectivity index (χ1) is 11.1. The Morgan fingerprint density at radius 2 is 1.39 bits per heavy atom. The quantitative estimate of drug-likeness (QED) is 0.258. The third-order valence-corrected chi connectivity index (χ3v) is 5.93. The summed E-state index contributed by atoms with van der Waals surface area (Å²) in [5, 5.41) is 18.5. The van der Waals surface area contributed by atoms with Crippen LogP contribution in [0.4, 0.5) is 0 Å². The summed E-state index contributed by atoms with van der Waals surface area (Å²) in [4.78, 5) is 0. The van der Waals surface area contributed by atoms with Crippen molar-refractivity contribution in [2.24, 2.45) is 5.73 Å². The van der Waals surface area contributed by atoms with E-state index >= 15 is 0 Å². The number of hydrogen-bond acceptors (Lipinski definition) is 4. The fraction of sp³-hybridized carbons (Fsp3) is 1.00. The van der Waals surface area contributed by atoms with Crippen LogP contribution in [0.1, 0.15) is 84.0 Å². The molecule has 140 valence electrons. The number of thioether (sulfide) groups is 1. The summed E-state index contributed by atoms with van der Waals surface area (Å²) in [6.45, 7) is 1.99. The first-order valence-electron chi connectivity index (χ1n) is 9.36. The van der Waals surface area contributed by atoms with Crippen molar-refractivity contribution < 1.29 is 10.2 Å². The molecule has 0 aromatic rings. The molecule has 0 fully saturated rings. The average molecular weight is 368 g/mol. The minimum atomic E-state index is -1.18. The molecule has 23 heavy (non-hydrogen) atoms. The summed E-state index contributed by atoms with van der Waals surface area (Å²) in [6.07, 6.45) is 15.2. The topological polar surface area (TPSA) is 66.5 Å². The number of hydrogen-bond donors (Lipinski definition) is 3. The van der Waals surface area contributed by atoms with E-state index in [1.54, 1.807) is 0 Å².